The fourth-order valence-electron chi connectivity index (χ4n) is 2.19. The van der Waals surface area contributed by atoms with Gasteiger partial charge in [-0.1, -0.05) is 18.2 Å². The van der Waals surface area contributed by atoms with Gasteiger partial charge in [0.1, 0.15) is 0 Å². The zero-order chi connectivity index (χ0) is 17.9. The number of thioether (sulfide) groups is 1. The van der Waals surface area contributed by atoms with Crippen LogP contribution in [0.2, 0.25) is 0 Å². The van der Waals surface area contributed by atoms with E-state index in [-0.39, 0.29) is 24.0 Å². The summed E-state index contributed by atoms with van der Waals surface area (Å²) in [4.78, 5) is 5.52. The summed E-state index contributed by atoms with van der Waals surface area (Å²) in [6, 6.07) is 16.1. The maximum atomic E-state index is 5.53. The van der Waals surface area contributed by atoms with E-state index in [0.717, 1.165) is 29.7 Å². The Morgan fingerprint density at radius 2 is 1.88 bits per heavy atom. The topological polar surface area (TPSA) is 54.9 Å². The van der Waals surface area contributed by atoms with Gasteiger partial charge in [0.05, 0.1) is 13.7 Å². The smallest absolute Gasteiger partial charge is 0.195 e. The number of aliphatic imine (C=N–C) groups is 1. The lowest BCUT2D eigenvalue weighted by atomic mass is 10.2. The monoisotopic (exact) mass is 487 g/mol. The summed E-state index contributed by atoms with van der Waals surface area (Å²) >= 11 is 1.81. The minimum atomic E-state index is 0. The second-order valence-corrected chi connectivity index (χ2v) is 6.25. The van der Waals surface area contributed by atoms with E-state index in [9.17, 15) is 0 Å². The maximum Gasteiger partial charge on any atom is 0.195 e. The summed E-state index contributed by atoms with van der Waals surface area (Å²) in [7, 11) is 3.39. The molecule has 0 aliphatic heterocycles. The van der Waals surface area contributed by atoms with Crippen molar-refractivity contribution in [3.63, 3.8) is 0 Å². The summed E-state index contributed by atoms with van der Waals surface area (Å²) in [5, 5.41) is 6.58. The highest BCUT2D eigenvalue weighted by Crippen LogP contribution is 2.30. The number of ether oxygens (including phenoxy) is 2. The van der Waals surface area contributed by atoms with Gasteiger partial charge in [0.25, 0.3) is 0 Å². The van der Waals surface area contributed by atoms with E-state index in [1.165, 1.54) is 4.90 Å². The fourth-order valence-corrected chi connectivity index (χ4v) is 2.98. The summed E-state index contributed by atoms with van der Waals surface area (Å²) in [5.74, 6) is 3.11. The highest BCUT2D eigenvalue weighted by atomic mass is 127. The molecule has 0 aromatic heterocycles. The molecule has 0 bridgehead atoms. The van der Waals surface area contributed by atoms with Crippen LogP contribution in [0.15, 0.2) is 58.4 Å². The largest absolute Gasteiger partial charge is 0.493 e. The number of hydrogen-bond donors (Lipinski definition) is 2. The third-order valence-electron chi connectivity index (χ3n) is 3.36. The van der Waals surface area contributed by atoms with Crippen LogP contribution in [0.5, 0.6) is 11.5 Å². The van der Waals surface area contributed by atoms with Gasteiger partial charge < -0.3 is 20.1 Å². The molecule has 0 heterocycles. The average Bonchev–Trinajstić information content (AvgIpc) is 2.66. The first-order valence-corrected chi connectivity index (χ1v) is 9.21. The van der Waals surface area contributed by atoms with E-state index < -0.39 is 0 Å². The highest BCUT2D eigenvalue weighted by molar-refractivity contribution is 14.0. The predicted molar refractivity (Wildman–Crippen MR) is 122 cm³/mol. The Bertz CT molecular complexity index is 684. The molecule has 0 atom stereocenters. The van der Waals surface area contributed by atoms with Crippen molar-refractivity contribution in [1.29, 1.82) is 0 Å². The maximum absolute atomic E-state index is 5.53. The zero-order valence-corrected chi connectivity index (χ0v) is 18.5. The van der Waals surface area contributed by atoms with Crippen molar-refractivity contribution < 1.29 is 9.47 Å². The predicted octanol–water partition coefficient (Wildman–Crippen LogP) is 4.49. The van der Waals surface area contributed by atoms with Gasteiger partial charge in [-0.25, -0.2) is 0 Å². The molecule has 2 aromatic rings. The first-order chi connectivity index (χ1) is 12.3. The Labute approximate surface area is 177 Å². The van der Waals surface area contributed by atoms with Gasteiger partial charge in [0, 0.05) is 36.0 Å². The number of anilines is 1. The number of hydrogen-bond acceptors (Lipinski definition) is 4. The molecule has 2 aromatic carbocycles. The lowest BCUT2D eigenvalue weighted by Crippen LogP contribution is -2.32. The number of guanidine groups is 1. The Morgan fingerprint density at radius 1 is 1.12 bits per heavy atom. The average molecular weight is 487 g/mol. The minimum absolute atomic E-state index is 0. The molecule has 5 nitrogen and oxygen atoms in total. The number of methoxy groups -OCH3 is 1. The van der Waals surface area contributed by atoms with Gasteiger partial charge in [-0.3, -0.25) is 4.99 Å². The third-order valence-corrected chi connectivity index (χ3v) is 4.37. The van der Waals surface area contributed by atoms with Crippen LogP contribution in [0.3, 0.4) is 0 Å². The van der Waals surface area contributed by atoms with Crippen LogP contribution in [0.25, 0.3) is 0 Å². The molecule has 26 heavy (non-hydrogen) atoms. The third kappa shape index (κ3) is 7.33. The Balaban J connectivity index is 0.00000338. The lowest BCUT2D eigenvalue weighted by Gasteiger charge is -2.14. The molecule has 0 aliphatic rings. The van der Waals surface area contributed by atoms with Gasteiger partial charge in [0.15, 0.2) is 17.5 Å². The van der Waals surface area contributed by atoms with Crippen LogP contribution in [-0.4, -0.2) is 39.0 Å². The van der Waals surface area contributed by atoms with Gasteiger partial charge in [-0.2, -0.15) is 0 Å². The number of rotatable bonds is 8. The zero-order valence-electron chi connectivity index (χ0n) is 15.3. The summed E-state index contributed by atoms with van der Waals surface area (Å²) in [5.41, 5.74) is 0.893. The molecule has 0 radical (unpaired) electrons. The molecule has 142 valence electrons. The van der Waals surface area contributed by atoms with Crippen molar-refractivity contribution in [2.75, 3.05) is 38.4 Å². The first-order valence-electron chi connectivity index (χ1n) is 8.23. The molecular formula is C19H26IN3O2S. The number of nitrogens with one attached hydrogen (secondary N) is 2. The van der Waals surface area contributed by atoms with Crippen LogP contribution in [0.4, 0.5) is 5.69 Å². The number of benzene rings is 2. The first kappa shape index (κ1) is 22.4. The SMILES string of the molecule is CCOc1ccc(NC(=NC)NCCSc2ccccc2)cc1OC.I. The van der Waals surface area contributed by atoms with Gasteiger partial charge in [-0.05, 0) is 31.2 Å². The van der Waals surface area contributed by atoms with E-state index in [1.807, 2.05) is 43.0 Å². The van der Waals surface area contributed by atoms with Crippen LogP contribution in [0.1, 0.15) is 6.92 Å². The minimum Gasteiger partial charge on any atom is -0.493 e. The van der Waals surface area contributed by atoms with Gasteiger partial charge >= 0.3 is 0 Å². The highest BCUT2D eigenvalue weighted by Gasteiger charge is 2.06. The van der Waals surface area contributed by atoms with Gasteiger partial charge in [-0.15, -0.1) is 35.7 Å². The molecule has 0 unspecified atom stereocenters. The van der Waals surface area contributed by atoms with E-state index in [1.54, 1.807) is 14.2 Å². The van der Waals surface area contributed by atoms with E-state index in [2.05, 4.69) is 39.9 Å². The Morgan fingerprint density at radius 3 is 2.54 bits per heavy atom. The van der Waals surface area contributed by atoms with E-state index in [0.29, 0.717) is 12.4 Å². The molecular weight excluding hydrogens is 461 g/mol. The lowest BCUT2D eigenvalue weighted by molar-refractivity contribution is 0.311. The summed E-state index contributed by atoms with van der Waals surface area (Å²) in [6.07, 6.45) is 0. The summed E-state index contributed by atoms with van der Waals surface area (Å²) in [6.45, 7) is 3.36. The molecule has 0 spiro atoms. The second kappa shape index (κ2) is 12.7. The van der Waals surface area contributed by atoms with Crippen molar-refractivity contribution in [1.82, 2.24) is 5.32 Å². The second-order valence-electron chi connectivity index (χ2n) is 5.08. The molecule has 0 amide bonds. The summed E-state index contributed by atoms with van der Waals surface area (Å²) < 4.78 is 10.9. The molecule has 2 rings (SSSR count). The van der Waals surface area contributed by atoms with Crippen molar-refractivity contribution >= 4 is 47.4 Å². The molecule has 0 aliphatic carbocycles. The molecule has 0 saturated heterocycles. The molecule has 7 heteroatoms. The van der Waals surface area contributed by atoms with Crippen molar-refractivity contribution in [3.05, 3.63) is 48.5 Å². The molecule has 0 fully saturated rings. The Kier molecular flexibility index (Phi) is 11.0. The molecule has 2 N–H and O–H groups in total. The quantitative estimate of drug-likeness (QED) is 0.189. The van der Waals surface area contributed by atoms with E-state index >= 15 is 0 Å². The fraction of sp³-hybridized carbons (Fsp3) is 0.316. The molecule has 0 saturated carbocycles. The van der Waals surface area contributed by atoms with Crippen LogP contribution in [0, 0.1) is 0 Å². The number of halogens is 1. The Hall–Kier alpha value is -1.61. The van der Waals surface area contributed by atoms with Crippen LogP contribution >= 0.6 is 35.7 Å². The van der Waals surface area contributed by atoms with Crippen molar-refractivity contribution in [2.45, 2.75) is 11.8 Å². The number of nitrogens with zero attached hydrogens (tertiary/aromatic N) is 1. The van der Waals surface area contributed by atoms with Gasteiger partial charge in [0.2, 0.25) is 0 Å². The van der Waals surface area contributed by atoms with Crippen LogP contribution < -0.4 is 20.1 Å². The standard InChI is InChI=1S/C19H25N3O2S.HI/c1-4-24-17-11-10-15(14-18(17)23-3)22-19(20-2)21-12-13-25-16-8-6-5-7-9-16;/h5-11,14H,4,12-13H2,1-3H3,(H2,20,21,22);1H. The van der Waals surface area contributed by atoms with E-state index in [4.69, 9.17) is 9.47 Å². The normalized spacial score (nSPS) is 10.7. The van der Waals surface area contributed by atoms with Crippen molar-refractivity contribution in [2.24, 2.45) is 4.99 Å². The van der Waals surface area contributed by atoms with Crippen molar-refractivity contribution in [3.8, 4) is 11.5 Å². The van der Waals surface area contributed by atoms with Crippen LogP contribution in [-0.2, 0) is 0 Å².